The standard InChI is InChI=1S/C25H28N2O2/c1-5-16-29-20-9-7-19(8-10-20)12-14-25-24(3,4)21-17-18(2)6-11-22(21)27(25)15-13-23(28)26-25/h5-12,14,17H,1,13,15-16H2,2-4H3,(H,26,28)/b14-12+. The van der Waals surface area contributed by atoms with E-state index in [2.05, 4.69) is 67.9 Å². The van der Waals surface area contributed by atoms with Crippen molar-refractivity contribution < 1.29 is 9.53 Å². The van der Waals surface area contributed by atoms with Crippen LogP contribution in [0.5, 0.6) is 5.75 Å². The van der Waals surface area contributed by atoms with E-state index in [1.165, 1.54) is 16.8 Å². The number of nitrogens with one attached hydrogen (secondary N) is 1. The number of hydrogen-bond donors (Lipinski definition) is 1. The van der Waals surface area contributed by atoms with E-state index >= 15 is 0 Å². The van der Waals surface area contributed by atoms with Gasteiger partial charge in [0.15, 0.2) is 0 Å². The van der Waals surface area contributed by atoms with Crippen LogP contribution in [-0.2, 0) is 10.2 Å². The van der Waals surface area contributed by atoms with Crippen LogP contribution < -0.4 is 15.0 Å². The highest BCUT2D eigenvalue weighted by Crippen LogP contribution is 2.52. The largest absolute Gasteiger partial charge is 0.490 e. The summed E-state index contributed by atoms with van der Waals surface area (Å²) < 4.78 is 5.57. The number of fused-ring (bicyclic) bond motifs is 3. The third-order valence-corrected chi connectivity index (χ3v) is 6.15. The lowest BCUT2D eigenvalue weighted by Crippen LogP contribution is -2.68. The second-order valence-corrected chi connectivity index (χ2v) is 8.36. The molecule has 150 valence electrons. The van der Waals surface area contributed by atoms with Gasteiger partial charge in [0.25, 0.3) is 0 Å². The van der Waals surface area contributed by atoms with Crippen LogP contribution in [0.15, 0.2) is 61.2 Å². The Kier molecular flexibility index (Phi) is 4.73. The van der Waals surface area contributed by atoms with E-state index in [-0.39, 0.29) is 11.3 Å². The van der Waals surface area contributed by atoms with Crippen molar-refractivity contribution in [1.82, 2.24) is 5.32 Å². The minimum Gasteiger partial charge on any atom is -0.490 e. The zero-order valence-corrected chi connectivity index (χ0v) is 17.4. The first-order valence-electron chi connectivity index (χ1n) is 10.1. The lowest BCUT2D eigenvalue weighted by molar-refractivity contribution is -0.124. The summed E-state index contributed by atoms with van der Waals surface area (Å²) in [6.45, 7) is 11.4. The van der Waals surface area contributed by atoms with Crippen molar-refractivity contribution in [2.75, 3.05) is 18.1 Å². The molecule has 2 heterocycles. The molecule has 1 N–H and O–H groups in total. The van der Waals surface area contributed by atoms with Gasteiger partial charge in [-0.2, -0.15) is 0 Å². The molecule has 0 aliphatic carbocycles. The van der Waals surface area contributed by atoms with Crippen LogP contribution >= 0.6 is 0 Å². The van der Waals surface area contributed by atoms with Gasteiger partial charge in [0, 0.05) is 24.1 Å². The summed E-state index contributed by atoms with van der Waals surface area (Å²) in [5.41, 5.74) is 3.92. The van der Waals surface area contributed by atoms with E-state index in [0.29, 0.717) is 19.6 Å². The maximum Gasteiger partial charge on any atom is 0.223 e. The monoisotopic (exact) mass is 388 g/mol. The number of benzene rings is 2. The molecular weight excluding hydrogens is 360 g/mol. The molecule has 0 saturated carbocycles. The minimum atomic E-state index is -0.587. The molecule has 1 unspecified atom stereocenters. The van der Waals surface area contributed by atoms with Gasteiger partial charge in [0.05, 0.1) is 0 Å². The summed E-state index contributed by atoms with van der Waals surface area (Å²) in [7, 11) is 0. The van der Waals surface area contributed by atoms with Gasteiger partial charge in [0.2, 0.25) is 5.91 Å². The van der Waals surface area contributed by atoms with Crippen molar-refractivity contribution in [2.24, 2.45) is 0 Å². The van der Waals surface area contributed by atoms with Gasteiger partial charge in [-0.3, -0.25) is 4.79 Å². The second-order valence-electron chi connectivity index (χ2n) is 8.36. The second kappa shape index (κ2) is 7.11. The molecule has 2 aliphatic heterocycles. The molecule has 1 fully saturated rings. The number of anilines is 1. The third kappa shape index (κ3) is 3.13. The molecule has 0 spiro atoms. The molecule has 4 nitrogen and oxygen atoms in total. The van der Waals surface area contributed by atoms with Crippen molar-refractivity contribution in [3.63, 3.8) is 0 Å². The molecule has 2 aliphatic rings. The highest BCUT2D eigenvalue weighted by atomic mass is 16.5. The van der Waals surface area contributed by atoms with Gasteiger partial charge in [-0.1, -0.05) is 62.4 Å². The Morgan fingerprint density at radius 3 is 2.69 bits per heavy atom. The molecule has 0 bridgehead atoms. The Bertz CT molecular complexity index is 975. The van der Waals surface area contributed by atoms with Crippen LogP contribution in [0.3, 0.4) is 0 Å². The lowest BCUT2D eigenvalue weighted by Gasteiger charge is -2.49. The fourth-order valence-electron chi connectivity index (χ4n) is 4.51. The molecule has 1 amide bonds. The molecule has 2 aromatic rings. The summed E-state index contributed by atoms with van der Waals surface area (Å²) in [5, 5.41) is 3.32. The van der Waals surface area contributed by atoms with Gasteiger partial charge in [-0.15, -0.1) is 0 Å². The fraction of sp³-hybridized carbons (Fsp3) is 0.320. The van der Waals surface area contributed by atoms with Crippen LogP contribution in [0.2, 0.25) is 0 Å². The first-order valence-corrected chi connectivity index (χ1v) is 10.1. The third-order valence-electron chi connectivity index (χ3n) is 6.15. The molecule has 0 radical (unpaired) electrons. The van der Waals surface area contributed by atoms with Crippen LogP contribution in [0, 0.1) is 6.92 Å². The van der Waals surface area contributed by atoms with Crippen LogP contribution in [0.25, 0.3) is 6.08 Å². The highest BCUT2D eigenvalue weighted by Gasteiger charge is 2.57. The van der Waals surface area contributed by atoms with Crippen molar-refractivity contribution in [2.45, 2.75) is 38.3 Å². The number of carbonyl (C=O) groups is 1. The first kappa shape index (κ1) is 19.3. The topological polar surface area (TPSA) is 41.6 Å². The number of hydrogen-bond acceptors (Lipinski definition) is 3. The summed E-state index contributed by atoms with van der Waals surface area (Å²) in [5.74, 6) is 0.911. The van der Waals surface area contributed by atoms with Crippen molar-refractivity contribution in [3.05, 3.63) is 77.9 Å². The van der Waals surface area contributed by atoms with Crippen molar-refractivity contribution >= 4 is 17.7 Å². The number of carbonyl (C=O) groups excluding carboxylic acids is 1. The lowest BCUT2D eigenvalue weighted by atomic mass is 9.74. The summed E-state index contributed by atoms with van der Waals surface area (Å²) in [6.07, 6.45) is 6.48. The van der Waals surface area contributed by atoms with E-state index in [9.17, 15) is 4.79 Å². The molecule has 4 heteroatoms. The summed E-state index contributed by atoms with van der Waals surface area (Å²) >= 11 is 0. The number of amides is 1. The smallest absolute Gasteiger partial charge is 0.223 e. The molecule has 4 rings (SSSR count). The van der Waals surface area contributed by atoms with E-state index in [1.807, 2.05) is 24.3 Å². The van der Waals surface area contributed by atoms with Gasteiger partial charge >= 0.3 is 0 Å². The van der Waals surface area contributed by atoms with Gasteiger partial charge in [0.1, 0.15) is 18.0 Å². The Hall–Kier alpha value is -3.01. The SMILES string of the molecule is C=CCOc1ccc(/C=C/C23NC(=O)CCN2c2ccc(C)cc2C3(C)C)cc1. The number of rotatable bonds is 5. The average Bonchev–Trinajstić information content (AvgIpc) is 2.89. The molecular formula is C25H28N2O2. The predicted octanol–water partition coefficient (Wildman–Crippen LogP) is 4.59. The number of aryl methyl sites for hydroxylation is 1. The van der Waals surface area contributed by atoms with E-state index in [0.717, 1.165) is 11.3 Å². The van der Waals surface area contributed by atoms with Crippen molar-refractivity contribution in [3.8, 4) is 5.75 Å². The Morgan fingerprint density at radius 1 is 1.21 bits per heavy atom. The molecule has 29 heavy (non-hydrogen) atoms. The van der Waals surface area contributed by atoms with E-state index in [4.69, 9.17) is 4.74 Å². The maximum absolute atomic E-state index is 12.5. The number of nitrogens with zero attached hydrogens (tertiary/aromatic N) is 1. The number of ether oxygens (including phenoxy) is 1. The molecule has 0 aromatic heterocycles. The predicted molar refractivity (Wildman–Crippen MR) is 118 cm³/mol. The fourth-order valence-corrected chi connectivity index (χ4v) is 4.51. The highest BCUT2D eigenvalue weighted by molar-refractivity contribution is 5.84. The summed E-state index contributed by atoms with van der Waals surface area (Å²) in [6, 6.07) is 14.5. The van der Waals surface area contributed by atoms with Crippen LogP contribution in [0.4, 0.5) is 5.69 Å². The quantitative estimate of drug-likeness (QED) is 0.762. The average molecular weight is 389 g/mol. The van der Waals surface area contributed by atoms with E-state index in [1.54, 1.807) is 6.08 Å². The van der Waals surface area contributed by atoms with Crippen molar-refractivity contribution in [1.29, 1.82) is 0 Å². The van der Waals surface area contributed by atoms with Gasteiger partial charge in [-0.05, 0) is 42.3 Å². The molecule has 2 aromatic carbocycles. The Balaban J connectivity index is 1.72. The zero-order valence-electron chi connectivity index (χ0n) is 17.4. The van der Waals surface area contributed by atoms with Crippen LogP contribution in [-0.4, -0.2) is 24.7 Å². The first-order chi connectivity index (χ1) is 13.9. The normalized spacial score (nSPS) is 22.2. The minimum absolute atomic E-state index is 0.0941. The Morgan fingerprint density at radius 2 is 1.97 bits per heavy atom. The zero-order chi connectivity index (χ0) is 20.6. The molecule has 1 atom stereocenters. The summed E-state index contributed by atoms with van der Waals surface area (Å²) in [4.78, 5) is 14.8. The van der Waals surface area contributed by atoms with Gasteiger partial charge < -0.3 is 15.0 Å². The molecule has 1 saturated heterocycles. The van der Waals surface area contributed by atoms with E-state index < -0.39 is 5.66 Å². The van der Waals surface area contributed by atoms with Gasteiger partial charge in [-0.25, -0.2) is 0 Å². The maximum atomic E-state index is 12.5. The van der Waals surface area contributed by atoms with Crippen LogP contribution in [0.1, 0.15) is 37.0 Å². The Labute approximate surface area is 172 Å².